The Hall–Kier alpha value is -1.83. The van der Waals surface area contributed by atoms with Crippen molar-refractivity contribution in [3.63, 3.8) is 0 Å². The fourth-order valence-corrected chi connectivity index (χ4v) is 2.54. The number of carbonyl (C=O) groups is 3. The summed E-state index contributed by atoms with van der Waals surface area (Å²) in [6.07, 6.45) is -6.83. The number of carbonyl (C=O) groups excluding carboxylic acids is 2. The van der Waals surface area contributed by atoms with E-state index in [1.165, 1.54) is 20.8 Å². The molecule has 1 fully saturated rings. The molecule has 0 radical (unpaired) electrons. The van der Waals surface area contributed by atoms with Gasteiger partial charge >= 0.3 is 5.97 Å². The number of aliphatic hydroxyl groups is 3. The summed E-state index contributed by atoms with van der Waals surface area (Å²) in [6.45, 7) is 3.23. The van der Waals surface area contributed by atoms with E-state index in [1.807, 2.05) is 0 Å². The van der Waals surface area contributed by atoms with Crippen LogP contribution in [0.3, 0.4) is 0 Å². The predicted octanol–water partition coefficient (Wildman–Crippen LogP) is -3.75. The van der Waals surface area contributed by atoms with Gasteiger partial charge in [-0.3, -0.25) is 9.59 Å². The van der Waals surface area contributed by atoms with Crippen LogP contribution in [0.4, 0.5) is 0 Å². The number of rotatable bonds is 8. The smallest absolute Gasteiger partial charge is 0.328 e. The third-order valence-corrected chi connectivity index (χ3v) is 4.05. The van der Waals surface area contributed by atoms with Crippen LogP contribution < -0.4 is 16.4 Å². The summed E-state index contributed by atoms with van der Waals surface area (Å²) in [6, 6.07) is -3.68. The van der Waals surface area contributed by atoms with E-state index in [9.17, 15) is 34.8 Å². The first-order valence-corrected chi connectivity index (χ1v) is 8.33. The molecule has 0 bridgehead atoms. The Labute approximate surface area is 155 Å². The van der Waals surface area contributed by atoms with Gasteiger partial charge in [0.2, 0.25) is 11.8 Å². The molecule has 27 heavy (non-hydrogen) atoms. The lowest BCUT2D eigenvalue weighted by molar-refractivity contribution is -0.282. The molecular formula is C15H27N3O9. The van der Waals surface area contributed by atoms with Crippen LogP contribution in [-0.2, 0) is 23.9 Å². The summed E-state index contributed by atoms with van der Waals surface area (Å²) in [5.41, 5.74) is 5.41. The number of aliphatic carboxylic acids is 1. The summed E-state index contributed by atoms with van der Waals surface area (Å²) >= 11 is 0. The lowest BCUT2D eigenvalue weighted by Crippen LogP contribution is -2.65. The molecule has 1 saturated heterocycles. The van der Waals surface area contributed by atoms with Crippen molar-refractivity contribution in [3.05, 3.63) is 0 Å². The molecule has 1 heterocycles. The average molecular weight is 393 g/mol. The summed E-state index contributed by atoms with van der Waals surface area (Å²) in [5.74, 6) is -2.68. The Morgan fingerprint density at radius 1 is 1.22 bits per heavy atom. The first-order valence-electron chi connectivity index (χ1n) is 8.33. The van der Waals surface area contributed by atoms with E-state index in [0.29, 0.717) is 0 Å². The van der Waals surface area contributed by atoms with Gasteiger partial charge in [-0.05, 0) is 13.8 Å². The SMILES string of the molecule is CC(=O)N[C@H]1[C@@H](O[C@H](C)[C@H](NC(=O)[C@H](C)N)C(=O)O)O[C@H](CO)[C@H](O)[C@@H]1O. The number of ether oxygens (including phenoxy) is 2. The predicted molar refractivity (Wildman–Crippen MR) is 89.1 cm³/mol. The van der Waals surface area contributed by atoms with Crippen LogP contribution >= 0.6 is 0 Å². The molecule has 12 nitrogen and oxygen atoms in total. The molecule has 2 amide bonds. The molecule has 1 aliphatic heterocycles. The van der Waals surface area contributed by atoms with Crippen LogP contribution in [0, 0.1) is 0 Å². The molecule has 0 saturated carbocycles. The van der Waals surface area contributed by atoms with Gasteiger partial charge in [-0.1, -0.05) is 0 Å². The first kappa shape index (κ1) is 23.2. The number of carboxylic acids is 1. The van der Waals surface area contributed by atoms with Crippen LogP contribution in [0.25, 0.3) is 0 Å². The summed E-state index contributed by atoms with van der Waals surface area (Å²) in [5, 5.41) is 43.3. The minimum atomic E-state index is -1.54. The molecule has 0 spiro atoms. The van der Waals surface area contributed by atoms with Crippen LogP contribution in [0.2, 0.25) is 0 Å². The van der Waals surface area contributed by atoms with Gasteiger partial charge in [0.1, 0.15) is 24.4 Å². The van der Waals surface area contributed by atoms with Gasteiger partial charge < -0.3 is 46.3 Å². The molecule has 0 aromatic heterocycles. The van der Waals surface area contributed by atoms with E-state index in [1.54, 1.807) is 0 Å². The topological polar surface area (TPSA) is 201 Å². The summed E-state index contributed by atoms with van der Waals surface area (Å²) in [7, 11) is 0. The number of nitrogens with one attached hydrogen (secondary N) is 2. The average Bonchev–Trinajstić information content (AvgIpc) is 2.57. The van der Waals surface area contributed by atoms with Crippen molar-refractivity contribution in [1.82, 2.24) is 10.6 Å². The monoisotopic (exact) mass is 393 g/mol. The van der Waals surface area contributed by atoms with Crippen molar-refractivity contribution >= 4 is 17.8 Å². The zero-order valence-electron chi connectivity index (χ0n) is 15.2. The van der Waals surface area contributed by atoms with Gasteiger partial charge in [0.25, 0.3) is 0 Å². The highest BCUT2D eigenvalue weighted by molar-refractivity contribution is 5.86. The zero-order chi connectivity index (χ0) is 20.9. The maximum Gasteiger partial charge on any atom is 0.328 e. The highest BCUT2D eigenvalue weighted by Crippen LogP contribution is 2.23. The summed E-state index contributed by atoms with van der Waals surface area (Å²) < 4.78 is 10.9. The minimum absolute atomic E-state index is 0.557. The van der Waals surface area contributed by atoms with Gasteiger partial charge in [0.15, 0.2) is 12.3 Å². The highest BCUT2D eigenvalue weighted by Gasteiger charge is 2.46. The van der Waals surface area contributed by atoms with Gasteiger partial charge in [-0.2, -0.15) is 0 Å². The molecule has 0 unspecified atom stereocenters. The third-order valence-electron chi connectivity index (χ3n) is 4.05. The number of hydrogen-bond donors (Lipinski definition) is 7. The Morgan fingerprint density at radius 3 is 2.26 bits per heavy atom. The van der Waals surface area contributed by atoms with Crippen LogP contribution in [0.15, 0.2) is 0 Å². The Kier molecular flexibility index (Phi) is 8.53. The quantitative estimate of drug-likeness (QED) is 0.215. The largest absolute Gasteiger partial charge is 0.480 e. The van der Waals surface area contributed by atoms with Crippen LogP contribution in [0.5, 0.6) is 0 Å². The molecule has 0 aromatic rings. The first-order chi connectivity index (χ1) is 12.5. The molecular weight excluding hydrogens is 366 g/mol. The van der Waals surface area contributed by atoms with Crippen LogP contribution in [0.1, 0.15) is 20.8 Å². The fraction of sp³-hybridized carbons (Fsp3) is 0.800. The Morgan fingerprint density at radius 2 is 1.81 bits per heavy atom. The van der Waals surface area contributed by atoms with Crippen molar-refractivity contribution in [2.45, 2.75) is 69.6 Å². The molecule has 8 N–H and O–H groups in total. The van der Waals surface area contributed by atoms with E-state index < -0.39 is 73.2 Å². The summed E-state index contributed by atoms with van der Waals surface area (Å²) in [4.78, 5) is 34.5. The van der Waals surface area contributed by atoms with Crippen molar-refractivity contribution in [1.29, 1.82) is 0 Å². The highest BCUT2D eigenvalue weighted by atomic mass is 16.7. The Balaban J connectivity index is 2.98. The van der Waals surface area contributed by atoms with E-state index >= 15 is 0 Å². The molecule has 1 aliphatic rings. The standard InChI is InChI=1S/C15H27N3O9/c1-5(16)13(23)18-9(14(24)25)6(2)26-15-10(17-7(3)20)12(22)11(21)8(4-19)27-15/h5-6,8-12,15,19,21-22H,4,16H2,1-3H3,(H,17,20)(H,18,23)(H,24,25)/t5-,6+,8+,9-,10+,11-,12+,15-/m0/s1. The van der Waals surface area contributed by atoms with Crippen molar-refractivity contribution in [2.75, 3.05) is 6.61 Å². The second kappa shape index (κ2) is 9.92. The number of hydrogen-bond acceptors (Lipinski definition) is 9. The molecule has 1 rings (SSSR count). The molecule has 156 valence electrons. The number of amides is 2. The lowest BCUT2D eigenvalue weighted by Gasteiger charge is -2.43. The second-order valence-corrected chi connectivity index (χ2v) is 6.39. The Bertz CT molecular complexity index is 545. The van der Waals surface area contributed by atoms with E-state index in [2.05, 4.69) is 10.6 Å². The van der Waals surface area contributed by atoms with E-state index in [0.717, 1.165) is 0 Å². The van der Waals surface area contributed by atoms with Gasteiger partial charge in [0, 0.05) is 6.92 Å². The molecule has 12 heteroatoms. The maximum absolute atomic E-state index is 11.7. The lowest BCUT2D eigenvalue weighted by atomic mass is 9.96. The molecule has 8 atom stereocenters. The number of aliphatic hydroxyl groups excluding tert-OH is 3. The minimum Gasteiger partial charge on any atom is -0.480 e. The second-order valence-electron chi connectivity index (χ2n) is 6.39. The van der Waals surface area contributed by atoms with Gasteiger partial charge in [-0.15, -0.1) is 0 Å². The number of nitrogens with two attached hydrogens (primary N) is 1. The van der Waals surface area contributed by atoms with E-state index in [-0.39, 0.29) is 0 Å². The third kappa shape index (κ3) is 6.09. The zero-order valence-corrected chi connectivity index (χ0v) is 15.2. The van der Waals surface area contributed by atoms with Crippen LogP contribution in [-0.4, -0.2) is 93.6 Å². The van der Waals surface area contributed by atoms with Gasteiger partial charge in [-0.25, -0.2) is 4.79 Å². The van der Waals surface area contributed by atoms with Crippen molar-refractivity contribution < 1.29 is 44.3 Å². The van der Waals surface area contributed by atoms with E-state index in [4.69, 9.17) is 15.2 Å². The fourth-order valence-electron chi connectivity index (χ4n) is 2.54. The number of carboxylic acid groups (broad SMARTS) is 1. The van der Waals surface area contributed by atoms with Crippen molar-refractivity contribution in [2.24, 2.45) is 5.73 Å². The molecule has 0 aromatic carbocycles. The normalized spacial score (nSPS) is 31.4. The molecule has 0 aliphatic carbocycles. The maximum atomic E-state index is 11.7. The van der Waals surface area contributed by atoms with Crippen molar-refractivity contribution in [3.8, 4) is 0 Å². The van der Waals surface area contributed by atoms with Gasteiger partial charge in [0.05, 0.1) is 18.8 Å².